The number of thiophene rings is 1. The maximum absolute atomic E-state index is 6.11. The van der Waals surface area contributed by atoms with Gasteiger partial charge in [-0.1, -0.05) is 11.6 Å². The van der Waals surface area contributed by atoms with Gasteiger partial charge < -0.3 is 5.32 Å². The van der Waals surface area contributed by atoms with Crippen LogP contribution < -0.4 is 5.32 Å². The first-order chi connectivity index (χ1) is 7.74. The molecule has 2 rings (SSSR count). The smallest absolute Gasteiger partial charge is 0.132 e. The normalized spacial score (nSPS) is 10.4. The summed E-state index contributed by atoms with van der Waals surface area (Å²) in [7, 11) is 0. The molecule has 1 N–H and O–H groups in total. The van der Waals surface area contributed by atoms with Crippen LogP contribution in [0.5, 0.6) is 0 Å². The van der Waals surface area contributed by atoms with E-state index in [2.05, 4.69) is 15.3 Å². The van der Waals surface area contributed by atoms with Crippen molar-refractivity contribution < 1.29 is 0 Å². The molecule has 2 heterocycles. The molecule has 16 heavy (non-hydrogen) atoms. The lowest BCUT2D eigenvalue weighted by Gasteiger charge is -2.09. The Labute approximate surface area is 104 Å². The first-order valence-corrected chi connectivity index (χ1v) is 6.28. The van der Waals surface area contributed by atoms with Crippen LogP contribution in [0.2, 0.25) is 5.02 Å². The van der Waals surface area contributed by atoms with E-state index in [1.54, 1.807) is 17.7 Å². The number of anilines is 1. The van der Waals surface area contributed by atoms with Gasteiger partial charge in [-0.2, -0.15) is 0 Å². The Bertz CT molecular complexity index is 496. The molecule has 3 nitrogen and oxygen atoms in total. The Morgan fingerprint density at radius 1 is 1.44 bits per heavy atom. The Balaban J connectivity index is 2.50. The van der Waals surface area contributed by atoms with Crippen LogP contribution in [0.3, 0.4) is 0 Å². The maximum Gasteiger partial charge on any atom is 0.132 e. The summed E-state index contributed by atoms with van der Waals surface area (Å²) in [6.45, 7) is 4.89. The van der Waals surface area contributed by atoms with Gasteiger partial charge >= 0.3 is 0 Å². The molecule has 0 radical (unpaired) electrons. The van der Waals surface area contributed by atoms with E-state index in [1.807, 2.05) is 25.3 Å². The average molecular weight is 254 g/mol. The highest BCUT2D eigenvalue weighted by Crippen LogP contribution is 2.34. The Morgan fingerprint density at radius 2 is 2.25 bits per heavy atom. The van der Waals surface area contributed by atoms with Crippen molar-refractivity contribution in [3.63, 3.8) is 0 Å². The Morgan fingerprint density at radius 3 is 2.88 bits per heavy atom. The molecule has 5 heteroatoms. The summed E-state index contributed by atoms with van der Waals surface area (Å²) in [6, 6.07) is 1.88. The van der Waals surface area contributed by atoms with E-state index in [0.29, 0.717) is 0 Å². The van der Waals surface area contributed by atoms with Crippen LogP contribution in [-0.2, 0) is 0 Å². The minimum absolute atomic E-state index is 0.745. The Hall–Kier alpha value is -1.13. The predicted molar refractivity (Wildman–Crippen MR) is 69.3 cm³/mol. The van der Waals surface area contributed by atoms with E-state index in [4.69, 9.17) is 11.6 Å². The number of aromatic nitrogens is 2. The number of hydrogen-bond acceptors (Lipinski definition) is 4. The fraction of sp³-hybridized carbons (Fsp3) is 0.273. The zero-order valence-electron chi connectivity index (χ0n) is 9.12. The van der Waals surface area contributed by atoms with Crippen molar-refractivity contribution in [1.82, 2.24) is 9.97 Å². The summed E-state index contributed by atoms with van der Waals surface area (Å²) < 4.78 is 0. The van der Waals surface area contributed by atoms with E-state index in [-0.39, 0.29) is 0 Å². The van der Waals surface area contributed by atoms with Crippen molar-refractivity contribution in [3.8, 4) is 10.6 Å². The molecule has 0 bridgehead atoms. The lowest BCUT2D eigenvalue weighted by Crippen LogP contribution is -2.03. The van der Waals surface area contributed by atoms with Crippen LogP contribution in [0.1, 0.15) is 12.5 Å². The van der Waals surface area contributed by atoms with Crippen molar-refractivity contribution in [3.05, 3.63) is 28.4 Å². The SMILES string of the molecule is CCNc1ncnc(-c2sccc2Cl)c1C. The van der Waals surface area contributed by atoms with Crippen LogP contribution in [0.25, 0.3) is 10.6 Å². The zero-order chi connectivity index (χ0) is 11.5. The van der Waals surface area contributed by atoms with E-state index >= 15 is 0 Å². The van der Waals surface area contributed by atoms with Gasteiger partial charge in [-0.15, -0.1) is 11.3 Å². The van der Waals surface area contributed by atoms with Gasteiger partial charge in [-0.3, -0.25) is 0 Å². The molecule has 0 aliphatic carbocycles. The fourth-order valence-electron chi connectivity index (χ4n) is 1.49. The summed E-state index contributed by atoms with van der Waals surface area (Å²) >= 11 is 7.70. The van der Waals surface area contributed by atoms with Gasteiger partial charge in [0, 0.05) is 12.1 Å². The number of nitrogens with zero attached hydrogens (tertiary/aromatic N) is 2. The molecular formula is C11H12ClN3S. The van der Waals surface area contributed by atoms with Gasteiger partial charge in [-0.25, -0.2) is 9.97 Å². The summed E-state index contributed by atoms with van der Waals surface area (Å²) in [6.07, 6.45) is 1.57. The van der Waals surface area contributed by atoms with Gasteiger partial charge in [0.2, 0.25) is 0 Å². The third-order valence-corrected chi connectivity index (χ3v) is 3.61. The molecular weight excluding hydrogens is 242 g/mol. The van der Waals surface area contributed by atoms with Crippen LogP contribution >= 0.6 is 22.9 Å². The van der Waals surface area contributed by atoms with E-state index < -0.39 is 0 Å². The highest BCUT2D eigenvalue weighted by Gasteiger charge is 2.12. The molecule has 84 valence electrons. The zero-order valence-corrected chi connectivity index (χ0v) is 10.7. The van der Waals surface area contributed by atoms with E-state index in [1.165, 1.54) is 0 Å². The van der Waals surface area contributed by atoms with Crippen LogP contribution in [0.4, 0.5) is 5.82 Å². The molecule has 0 saturated heterocycles. The number of hydrogen-bond donors (Lipinski definition) is 1. The van der Waals surface area contributed by atoms with Crippen molar-refractivity contribution in [2.24, 2.45) is 0 Å². The van der Waals surface area contributed by atoms with Gasteiger partial charge in [0.05, 0.1) is 15.6 Å². The molecule has 0 unspecified atom stereocenters. The minimum Gasteiger partial charge on any atom is -0.370 e. The number of nitrogens with one attached hydrogen (secondary N) is 1. The third kappa shape index (κ3) is 2.03. The summed E-state index contributed by atoms with van der Waals surface area (Å²) in [5.41, 5.74) is 1.94. The van der Waals surface area contributed by atoms with Crippen molar-refractivity contribution in [2.45, 2.75) is 13.8 Å². The van der Waals surface area contributed by atoms with Gasteiger partial charge in [0.15, 0.2) is 0 Å². The third-order valence-electron chi connectivity index (χ3n) is 2.26. The van der Waals surface area contributed by atoms with Gasteiger partial charge in [0.25, 0.3) is 0 Å². The maximum atomic E-state index is 6.11. The highest BCUT2D eigenvalue weighted by molar-refractivity contribution is 7.14. The second kappa shape index (κ2) is 4.80. The molecule has 0 aliphatic rings. The van der Waals surface area contributed by atoms with Crippen molar-refractivity contribution in [1.29, 1.82) is 0 Å². The molecule has 0 fully saturated rings. The van der Waals surface area contributed by atoms with Crippen molar-refractivity contribution >= 4 is 28.8 Å². The largest absolute Gasteiger partial charge is 0.370 e. The first-order valence-electron chi connectivity index (χ1n) is 5.03. The van der Waals surface area contributed by atoms with Gasteiger partial charge in [0.1, 0.15) is 12.1 Å². The molecule has 0 amide bonds. The lowest BCUT2D eigenvalue weighted by atomic mass is 10.2. The minimum atomic E-state index is 0.745. The predicted octanol–water partition coefficient (Wildman–Crippen LogP) is 3.60. The Kier molecular flexibility index (Phi) is 3.41. The molecule has 0 spiro atoms. The molecule has 2 aromatic heterocycles. The standard InChI is InChI=1S/C11H12ClN3S/c1-3-13-11-7(2)9(14-6-15-11)10-8(12)4-5-16-10/h4-6H,3H2,1-2H3,(H,13,14,15). The molecule has 0 aliphatic heterocycles. The van der Waals surface area contributed by atoms with Crippen molar-refractivity contribution in [2.75, 3.05) is 11.9 Å². The lowest BCUT2D eigenvalue weighted by molar-refractivity contribution is 1.09. The second-order valence-electron chi connectivity index (χ2n) is 3.32. The van der Waals surface area contributed by atoms with Crippen LogP contribution in [-0.4, -0.2) is 16.5 Å². The van der Waals surface area contributed by atoms with Crippen LogP contribution in [0, 0.1) is 6.92 Å². The molecule has 0 aromatic carbocycles. The fourth-order valence-corrected chi connectivity index (χ4v) is 2.69. The monoisotopic (exact) mass is 253 g/mol. The number of halogens is 1. The summed E-state index contributed by atoms with van der Waals surface area (Å²) in [5, 5.41) is 5.92. The molecule has 2 aromatic rings. The average Bonchev–Trinajstić information content (AvgIpc) is 2.68. The topological polar surface area (TPSA) is 37.8 Å². The second-order valence-corrected chi connectivity index (χ2v) is 4.65. The van der Waals surface area contributed by atoms with E-state index in [9.17, 15) is 0 Å². The highest BCUT2D eigenvalue weighted by atomic mass is 35.5. The van der Waals surface area contributed by atoms with Crippen LogP contribution in [0.15, 0.2) is 17.8 Å². The molecule has 0 atom stereocenters. The molecule has 0 saturated carbocycles. The summed E-state index contributed by atoms with van der Waals surface area (Å²) in [5.74, 6) is 0.872. The van der Waals surface area contributed by atoms with Gasteiger partial charge in [-0.05, 0) is 25.3 Å². The first kappa shape index (κ1) is 11.4. The quantitative estimate of drug-likeness (QED) is 0.908. The summed E-state index contributed by atoms with van der Waals surface area (Å²) in [4.78, 5) is 9.51. The number of rotatable bonds is 3. The van der Waals surface area contributed by atoms with E-state index in [0.717, 1.165) is 33.5 Å².